The van der Waals surface area contributed by atoms with Crippen LogP contribution in [-0.4, -0.2) is 17.6 Å². The summed E-state index contributed by atoms with van der Waals surface area (Å²) in [6.45, 7) is 9.87. The number of nitrogen functional groups attached to an aromatic ring is 1. The van der Waals surface area contributed by atoms with E-state index < -0.39 is 0 Å². The van der Waals surface area contributed by atoms with E-state index in [1.165, 1.54) is 12.8 Å². The van der Waals surface area contributed by atoms with Crippen LogP contribution in [0.3, 0.4) is 0 Å². The molecule has 0 aromatic carbocycles. The lowest BCUT2D eigenvalue weighted by atomic mass is 10.0. The maximum Gasteiger partial charge on any atom is 0.239 e. The molecular weight excluding hydrogens is 250 g/mol. The number of ether oxygens (including phenoxy) is 1. The molecule has 3 N–H and O–H groups in total. The van der Waals surface area contributed by atoms with Gasteiger partial charge in [-0.15, -0.1) is 0 Å². The van der Waals surface area contributed by atoms with Gasteiger partial charge in [0.05, 0.1) is 12.3 Å². The van der Waals surface area contributed by atoms with Crippen molar-refractivity contribution in [3.63, 3.8) is 0 Å². The van der Waals surface area contributed by atoms with Crippen LogP contribution < -0.4 is 15.8 Å². The minimum atomic E-state index is 0.283. The number of hydrogen-bond donors (Lipinski definition) is 2. The molecule has 1 aromatic rings. The lowest BCUT2D eigenvalue weighted by Crippen LogP contribution is -2.12. The normalized spacial score (nSPS) is 23.4. The molecule has 2 saturated carbocycles. The number of nitrogens with one attached hydrogen (secondary N) is 1. The molecule has 0 atom stereocenters. The first-order valence-electron chi connectivity index (χ1n) is 7.48. The molecular formula is C16H25N3O. The van der Waals surface area contributed by atoms with Gasteiger partial charge < -0.3 is 15.8 Å². The van der Waals surface area contributed by atoms with Gasteiger partial charge in [-0.1, -0.05) is 27.7 Å². The van der Waals surface area contributed by atoms with Crippen molar-refractivity contribution in [2.45, 2.75) is 46.6 Å². The molecule has 3 rings (SSSR count). The van der Waals surface area contributed by atoms with Crippen molar-refractivity contribution in [1.82, 2.24) is 4.98 Å². The fourth-order valence-electron chi connectivity index (χ4n) is 2.83. The average molecular weight is 275 g/mol. The molecule has 4 heteroatoms. The first-order chi connectivity index (χ1) is 9.32. The molecule has 2 fully saturated rings. The van der Waals surface area contributed by atoms with Crippen LogP contribution in [0.1, 0.15) is 40.5 Å². The summed E-state index contributed by atoms with van der Waals surface area (Å²) >= 11 is 0. The molecule has 2 aliphatic rings. The quantitative estimate of drug-likeness (QED) is 0.865. The molecule has 0 bridgehead atoms. The van der Waals surface area contributed by atoms with Crippen molar-refractivity contribution in [1.29, 1.82) is 0 Å². The van der Waals surface area contributed by atoms with Crippen LogP contribution in [0.2, 0.25) is 0 Å². The van der Waals surface area contributed by atoms with E-state index >= 15 is 0 Å². The second kappa shape index (κ2) is 4.27. The Balaban J connectivity index is 1.69. The number of hydrogen-bond acceptors (Lipinski definition) is 4. The standard InChI is InChI=1S/C16H25N3O/c1-15(2)14(16(15,3)4)19-12-8-7-11(17)13(18-12)20-9-10-5-6-10/h7-8,10,14H,5-6,9,17H2,1-4H3,(H,18,19). The van der Waals surface area contributed by atoms with Crippen molar-refractivity contribution in [3.8, 4) is 5.88 Å². The van der Waals surface area contributed by atoms with E-state index in [-0.39, 0.29) is 10.8 Å². The summed E-state index contributed by atoms with van der Waals surface area (Å²) in [5, 5.41) is 3.52. The molecule has 2 aliphatic carbocycles. The van der Waals surface area contributed by atoms with E-state index in [4.69, 9.17) is 10.5 Å². The van der Waals surface area contributed by atoms with Gasteiger partial charge in [-0.05, 0) is 41.7 Å². The Morgan fingerprint density at radius 1 is 1.25 bits per heavy atom. The summed E-state index contributed by atoms with van der Waals surface area (Å²) in [7, 11) is 0. The first kappa shape index (κ1) is 13.5. The minimum Gasteiger partial charge on any atom is -0.476 e. The second-order valence-corrected chi connectivity index (χ2v) is 7.37. The van der Waals surface area contributed by atoms with E-state index in [2.05, 4.69) is 38.0 Å². The Labute approximate surface area is 121 Å². The zero-order chi connectivity index (χ0) is 14.5. The number of aromatic nitrogens is 1. The number of nitrogens with zero attached hydrogens (tertiary/aromatic N) is 1. The molecule has 0 saturated heterocycles. The smallest absolute Gasteiger partial charge is 0.239 e. The molecule has 4 nitrogen and oxygen atoms in total. The van der Waals surface area contributed by atoms with Gasteiger partial charge in [-0.2, -0.15) is 4.98 Å². The Bertz CT molecular complexity index is 506. The predicted octanol–water partition coefficient (Wildman–Crippen LogP) is 3.30. The van der Waals surface area contributed by atoms with Crippen molar-refractivity contribution in [3.05, 3.63) is 12.1 Å². The van der Waals surface area contributed by atoms with Gasteiger partial charge in [0.2, 0.25) is 5.88 Å². The lowest BCUT2D eigenvalue weighted by molar-refractivity contribution is 0.290. The Morgan fingerprint density at radius 3 is 2.45 bits per heavy atom. The van der Waals surface area contributed by atoms with Gasteiger partial charge in [0.15, 0.2) is 0 Å². The largest absolute Gasteiger partial charge is 0.476 e. The fraction of sp³-hybridized carbons (Fsp3) is 0.688. The van der Waals surface area contributed by atoms with Gasteiger partial charge in [-0.25, -0.2) is 0 Å². The maximum atomic E-state index is 5.93. The monoisotopic (exact) mass is 275 g/mol. The summed E-state index contributed by atoms with van der Waals surface area (Å²) in [4.78, 5) is 4.52. The van der Waals surface area contributed by atoms with Crippen molar-refractivity contribution in [2.75, 3.05) is 17.7 Å². The van der Waals surface area contributed by atoms with Crippen LogP contribution in [0.15, 0.2) is 12.1 Å². The van der Waals surface area contributed by atoms with E-state index in [0.717, 1.165) is 12.4 Å². The van der Waals surface area contributed by atoms with E-state index in [1.807, 2.05) is 12.1 Å². The number of pyridine rings is 1. The molecule has 1 aromatic heterocycles. The molecule has 0 radical (unpaired) electrons. The van der Waals surface area contributed by atoms with Gasteiger partial charge in [-0.3, -0.25) is 0 Å². The zero-order valence-corrected chi connectivity index (χ0v) is 12.9. The molecule has 0 aliphatic heterocycles. The van der Waals surface area contributed by atoms with Gasteiger partial charge >= 0.3 is 0 Å². The highest BCUT2D eigenvalue weighted by Crippen LogP contribution is 2.63. The van der Waals surface area contributed by atoms with Crippen LogP contribution in [0, 0.1) is 16.7 Å². The Morgan fingerprint density at radius 2 is 1.90 bits per heavy atom. The Hall–Kier alpha value is -1.45. The lowest BCUT2D eigenvalue weighted by Gasteiger charge is -2.11. The van der Waals surface area contributed by atoms with E-state index in [1.54, 1.807) is 0 Å². The highest BCUT2D eigenvalue weighted by Gasteiger charge is 2.65. The SMILES string of the molecule is CC1(C)C(Nc2ccc(N)c(OCC3CC3)n2)C1(C)C. The number of rotatable bonds is 5. The third-order valence-corrected chi connectivity index (χ3v) is 5.36. The van der Waals surface area contributed by atoms with Crippen molar-refractivity contribution < 1.29 is 4.74 Å². The van der Waals surface area contributed by atoms with Crippen LogP contribution in [0.4, 0.5) is 11.5 Å². The topological polar surface area (TPSA) is 60.2 Å². The van der Waals surface area contributed by atoms with Crippen LogP contribution in [-0.2, 0) is 0 Å². The highest BCUT2D eigenvalue weighted by atomic mass is 16.5. The summed E-state index contributed by atoms with van der Waals surface area (Å²) in [5.41, 5.74) is 7.12. The van der Waals surface area contributed by atoms with Crippen LogP contribution in [0.25, 0.3) is 0 Å². The molecule has 0 unspecified atom stereocenters. The zero-order valence-electron chi connectivity index (χ0n) is 12.9. The van der Waals surface area contributed by atoms with Gasteiger partial charge in [0, 0.05) is 6.04 Å². The number of anilines is 2. The molecule has 110 valence electrons. The second-order valence-electron chi connectivity index (χ2n) is 7.37. The van der Waals surface area contributed by atoms with Crippen LogP contribution >= 0.6 is 0 Å². The molecule has 0 amide bonds. The molecule has 1 heterocycles. The van der Waals surface area contributed by atoms with Gasteiger partial charge in [0.1, 0.15) is 5.82 Å². The summed E-state index contributed by atoms with van der Waals surface area (Å²) in [5.74, 6) is 2.13. The highest BCUT2D eigenvalue weighted by molar-refractivity contribution is 5.55. The van der Waals surface area contributed by atoms with E-state index in [9.17, 15) is 0 Å². The van der Waals surface area contributed by atoms with Gasteiger partial charge in [0.25, 0.3) is 0 Å². The average Bonchev–Trinajstić information content (AvgIpc) is 3.25. The summed E-state index contributed by atoms with van der Waals surface area (Å²) in [6.07, 6.45) is 2.53. The Kier molecular flexibility index (Phi) is 2.89. The van der Waals surface area contributed by atoms with Crippen molar-refractivity contribution >= 4 is 11.5 Å². The molecule has 20 heavy (non-hydrogen) atoms. The third kappa shape index (κ3) is 2.21. The summed E-state index contributed by atoms with van der Waals surface area (Å²) in [6, 6.07) is 4.24. The predicted molar refractivity (Wildman–Crippen MR) is 81.8 cm³/mol. The van der Waals surface area contributed by atoms with Crippen LogP contribution in [0.5, 0.6) is 5.88 Å². The minimum absolute atomic E-state index is 0.283. The first-order valence-corrected chi connectivity index (χ1v) is 7.48. The molecule has 0 spiro atoms. The number of nitrogens with two attached hydrogens (primary N) is 1. The summed E-state index contributed by atoms with van der Waals surface area (Å²) < 4.78 is 5.73. The maximum absolute atomic E-state index is 5.93. The third-order valence-electron chi connectivity index (χ3n) is 5.36. The van der Waals surface area contributed by atoms with Crippen molar-refractivity contribution in [2.24, 2.45) is 16.7 Å². The van der Waals surface area contributed by atoms with E-state index in [0.29, 0.717) is 23.5 Å². The fourth-order valence-corrected chi connectivity index (χ4v) is 2.83.